The highest BCUT2D eigenvalue weighted by molar-refractivity contribution is 5.47. The van der Waals surface area contributed by atoms with Gasteiger partial charge in [-0.25, -0.2) is 0 Å². The van der Waals surface area contributed by atoms with E-state index >= 15 is 0 Å². The van der Waals surface area contributed by atoms with Crippen molar-refractivity contribution in [2.45, 2.75) is 19.1 Å². The quantitative estimate of drug-likeness (QED) is 0.806. The molecule has 0 saturated carbocycles. The maximum Gasteiger partial charge on any atom is 0.119 e. The van der Waals surface area contributed by atoms with Crippen molar-refractivity contribution in [2.24, 2.45) is 0 Å². The minimum atomic E-state index is -0.424. The summed E-state index contributed by atoms with van der Waals surface area (Å²) in [6.45, 7) is 3.59. The van der Waals surface area contributed by atoms with Gasteiger partial charge in [-0.05, 0) is 31.2 Å². The summed E-state index contributed by atoms with van der Waals surface area (Å²) in [5, 5.41) is 12.8. The van der Waals surface area contributed by atoms with Gasteiger partial charge in [-0.3, -0.25) is 0 Å². The van der Waals surface area contributed by atoms with Crippen molar-refractivity contribution in [1.82, 2.24) is 0 Å². The predicted molar refractivity (Wildman–Crippen MR) is 61.8 cm³/mol. The third kappa shape index (κ3) is 2.65. The first-order valence-electron chi connectivity index (χ1n) is 5.55. The highest BCUT2D eigenvalue weighted by Gasteiger charge is 2.25. The molecule has 1 fully saturated rings. The van der Waals surface area contributed by atoms with Gasteiger partial charge in [-0.2, -0.15) is 0 Å². The van der Waals surface area contributed by atoms with Crippen molar-refractivity contribution in [3.8, 4) is 5.75 Å². The van der Waals surface area contributed by atoms with Crippen LogP contribution in [0.3, 0.4) is 0 Å². The van der Waals surface area contributed by atoms with Crippen molar-refractivity contribution < 1.29 is 14.6 Å². The summed E-state index contributed by atoms with van der Waals surface area (Å²) in [4.78, 5) is 0. The Morgan fingerprint density at radius 2 is 2.12 bits per heavy atom. The average Bonchev–Trinajstić information content (AvgIpc) is 2.68. The molecule has 16 heavy (non-hydrogen) atoms. The SMILES string of the molecule is CCOc1ccc(N[C@@H]2COC[C@H]2O)cc1. The Hall–Kier alpha value is -1.26. The molecule has 1 aromatic rings. The molecule has 0 aliphatic carbocycles. The molecule has 2 atom stereocenters. The van der Waals surface area contributed by atoms with E-state index in [2.05, 4.69) is 5.32 Å². The van der Waals surface area contributed by atoms with Crippen molar-refractivity contribution in [3.05, 3.63) is 24.3 Å². The van der Waals surface area contributed by atoms with E-state index in [1.807, 2.05) is 31.2 Å². The van der Waals surface area contributed by atoms with Gasteiger partial charge in [0, 0.05) is 5.69 Å². The van der Waals surface area contributed by atoms with Crippen LogP contribution in [0.5, 0.6) is 5.75 Å². The van der Waals surface area contributed by atoms with Crippen LogP contribution in [0, 0.1) is 0 Å². The predicted octanol–water partition coefficient (Wildman–Crippen LogP) is 1.26. The third-order valence-corrected chi connectivity index (χ3v) is 2.57. The van der Waals surface area contributed by atoms with E-state index in [1.165, 1.54) is 0 Å². The molecule has 1 aliphatic rings. The van der Waals surface area contributed by atoms with Crippen LogP contribution in [0.25, 0.3) is 0 Å². The fourth-order valence-electron chi connectivity index (χ4n) is 1.71. The molecule has 1 saturated heterocycles. The maximum atomic E-state index is 9.58. The lowest BCUT2D eigenvalue weighted by Gasteiger charge is -2.16. The number of aliphatic hydroxyl groups is 1. The number of ether oxygens (including phenoxy) is 2. The van der Waals surface area contributed by atoms with Crippen LogP contribution in [-0.2, 0) is 4.74 Å². The van der Waals surface area contributed by atoms with Crippen molar-refractivity contribution in [1.29, 1.82) is 0 Å². The summed E-state index contributed by atoms with van der Waals surface area (Å²) in [6, 6.07) is 7.69. The number of benzene rings is 1. The van der Waals surface area contributed by atoms with Crippen LogP contribution in [-0.4, -0.2) is 37.1 Å². The molecule has 0 spiro atoms. The second-order valence-corrected chi connectivity index (χ2v) is 3.81. The Morgan fingerprint density at radius 3 is 2.69 bits per heavy atom. The average molecular weight is 223 g/mol. The number of hydrogen-bond donors (Lipinski definition) is 2. The molecule has 1 aliphatic heterocycles. The standard InChI is InChI=1S/C12H17NO3/c1-2-16-10-5-3-9(4-6-10)13-11-7-15-8-12(11)14/h3-6,11-14H,2,7-8H2,1H3/t11-,12-/m1/s1. The number of hydrogen-bond acceptors (Lipinski definition) is 4. The zero-order valence-corrected chi connectivity index (χ0v) is 9.35. The van der Waals surface area contributed by atoms with Crippen LogP contribution in [0.2, 0.25) is 0 Å². The van der Waals surface area contributed by atoms with Gasteiger partial charge >= 0.3 is 0 Å². The molecule has 2 rings (SSSR count). The topological polar surface area (TPSA) is 50.7 Å². The van der Waals surface area contributed by atoms with Crippen molar-refractivity contribution in [3.63, 3.8) is 0 Å². The zero-order chi connectivity index (χ0) is 11.4. The molecule has 88 valence electrons. The lowest BCUT2D eigenvalue weighted by molar-refractivity contribution is 0.125. The molecule has 1 aromatic carbocycles. The summed E-state index contributed by atoms with van der Waals surface area (Å²) < 4.78 is 10.5. The van der Waals surface area contributed by atoms with E-state index in [4.69, 9.17) is 9.47 Å². The Bertz CT molecular complexity index is 326. The first kappa shape index (κ1) is 11.2. The lowest BCUT2D eigenvalue weighted by atomic mass is 10.2. The largest absolute Gasteiger partial charge is 0.494 e. The highest BCUT2D eigenvalue weighted by Crippen LogP contribution is 2.18. The van der Waals surface area contributed by atoms with Crippen molar-refractivity contribution >= 4 is 5.69 Å². The molecule has 0 radical (unpaired) electrons. The van der Waals surface area contributed by atoms with Gasteiger partial charge in [0.2, 0.25) is 0 Å². The molecule has 0 aromatic heterocycles. The van der Waals surface area contributed by atoms with E-state index in [0.717, 1.165) is 11.4 Å². The molecular formula is C12H17NO3. The van der Waals surface area contributed by atoms with Gasteiger partial charge in [0.15, 0.2) is 0 Å². The number of aliphatic hydroxyl groups excluding tert-OH is 1. The first-order valence-corrected chi connectivity index (χ1v) is 5.55. The van der Waals surface area contributed by atoms with Crippen LogP contribution >= 0.6 is 0 Å². The van der Waals surface area contributed by atoms with Crippen LogP contribution in [0.4, 0.5) is 5.69 Å². The van der Waals surface area contributed by atoms with E-state index in [1.54, 1.807) is 0 Å². The monoisotopic (exact) mass is 223 g/mol. The summed E-state index contributed by atoms with van der Waals surface area (Å²) in [5.74, 6) is 0.858. The molecular weight excluding hydrogens is 206 g/mol. The highest BCUT2D eigenvalue weighted by atomic mass is 16.5. The minimum Gasteiger partial charge on any atom is -0.494 e. The second kappa shape index (κ2) is 5.18. The molecule has 1 heterocycles. The second-order valence-electron chi connectivity index (χ2n) is 3.81. The van der Waals surface area contributed by atoms with E-state index in [0.29, 0.717) is 19.8 Å². The molecule has 0 bridgehead atoms. The van der Waals surface area contributed by atoms with Crippen LogP contribution in [0.1, 0.15) is 6.92 Å². The van der Waals surface area contributed by atoms with E-state index < -0.39 is 6.10 Å². The van der Waals surface area contributed by atoms with Gasteiger partial charge in [0.05, 0.1) is 32.0 Å². The Kier molecular flexibility index (Phi) is 3.64. The summed E-state index contributed by atoms with van der Waals surface area (Å²) in [7, 11) is 0. The molecule has 0 unspecified atom stereocenters. The molecule has 0 amide bonds. The van der Waals surface area contributed by atoms with Gasteiger partial charge in [0.1, 0.15) is 5.75 Å². The lowest BCUT2D eigenvalue weighted by Crippen LogP contribution is -2.31. The molecule has 2 N–H and O–H groups in total. The normalized spacial score (nSPS) is 24.4. The summed E-state index contributed by atoms with van der Waals surface area (Å²) in [5.41, 5.74) is 0.970. The smallest absolute Gasteiger partial charge is 0.119 e. The van der Waals surface area contributed by atoms with Gasteiger partial charge in [-0.1, -0.05) is 0 Å². The van der Waals surface area contributed by atoms with Crippen LogP contribution < -0.4 is 10.1 Å². The van der Waals surface area contributed by atoms with Gasteiger partial charge in [0.25, 0.3) is 0 Å². The fraction of sp³-hybridized carbons (Fsp3) is 0.500. The molecule has 4 heteroatoms. The number of nitrogens with one attached hydrogen (secondary N) is 1. The summed E-state index contributed by atoms with van der Waals surface area (Å²) >= 11 is 0. The maximum absolute atomic E-state index is 9.58. The van der Waals surface area contributed by atoms with Crippen LogP contribution in [0.15, 0.2) is 24.3 Å². The third-order valence-electron chi connectivity index (χ3n) is 2.57. The Morgan fingerprint density at radius 1 is 1.38 bits per heavy atom. The fourth-order valence-corrected chi connectivity index (χ4v) is 1.71. The van der Waals surface area contributed by atoms with E-state index in [9.17, 15) is 5.11 Å². The number of rotatable bonds is 4. The van der Waals surface area contributed by atoms with Gasteiger partial charge < -0.3 is 19.9 Å². The molecule has 4 nitrogen and oxygen atoms in total. The minimum absolute atomic E-state index is 0.0158. The zero-order valence-electron chi connectivity index (χ0n) is 9.35. The Balaban J connectivity index is 1.94. The first-order chi connectivity index (χ1) is 7.79. The number of anilines is 1. The van der Waals surface area contributed by atoms with Crippen molar-refractivity contribution in [2.75, 3.05) is 25.1 Å². The Labute approximate surface area is 95.2 Å². The summed E-state index contributed by atoms with van der Waals surface area (Å²) in [6.07, 6.45) is -0.424. The van der Waals surface area contributed by atoms with Gasteiger partial charge in [-0.15, -0.1) is 0 Å². The van der Waals surface area contributed by atoms with E-state index in [-0.39, 0.29) is 6.04 Å².